The summed E-state index contributed by atoms with van der Waals surface area (Å²) in [5.74, 6) is 2.78. The van der Waals surface area contributed by atoms with Crippen molar-refractivity contribution in [3.63, 3.8) is 0 Å². The Hall–Kier alpha value is -0.710. The molecule has 0 unspecified atom stereocenters. The molecule has 0 aliphatic carbocycles. The van der Waals surface area contributed by atoms with Gasteiger partial charge in [0.05, 0.1) is 17.1 Å². The van der Waals surface area contributed by atoms with Crippen molar-refractivity contribution in [3.05, 3.63) is 29.0 Å². The van der Waals surface area contributed by atoms with Crippen molar-refractivity contribution in [2.45, 2.75) is 13.0 Å². The standard InChI is InChI=1S/C11H14ClN3S/c1-2-16-6-8(13)11-14-9-4-3-7(12)5-10(9)15-11/h3-5,8H,2,6,13H2,1H3,(H,14,15)/t8-/m0/s1. The number of fused-ring (bicyclic) bond motifs is 1. The van der Waals surface area contributed by atoms with E-state index in [1.807, 2.05) is 30.0 Å². The van der Waals surface area contributed by atoms with E-state index in [1.165, 1.54) is 0 Å². The molecule has 0 aliphatic heterocycles. The molecule has 0 spiro atoms. The van der Waals surface area contributed by atoms with Crippen LogP contribution in [0.3, 0.4) is 0 Å². The summed E-state index contributed by atoms with van der Waals surface area (Å²) in [4.78, 5) is 7.67. The van der Waals surface area contributed by atoms with Crippen molar-refractivity contribution in [2.75, 3.05) is 11.5 Å². The molecular formula is C11H14ClN3S. The minimum Gasteiger partial charge on any atom is -0.341 e. The molecule has 3 N–H and O–H groups in total. The van der Waals surface area contributed by atoms with Crippen LogP contribution in [0.5, 0.6) is 0 Å². The first-order chi connectivity index (χ1) is 7.70. The van der Waals surface area contributed by atoms with Gasteiger partial charge in [-0.1, -0.05) is 18.5 Å². The van der Waals surface area contributed by atoms with Gasteiger partial charge in [-0.3, -0.25) is 0 Å². The van der Waals surface area contributed by atoms with Crippen LogP contribution in [0.25, 0.3) is 11.0 Å². The van der Waals surface area contributed by atoms with Crippen molar-refractivity contribution >= 4 is 34.4 Å². The molecule has 0 radical (unpaired) electrons. The van der Waals surface area contributed by atoms with Gasteiger partial charge in [0.15, 0.2) is 0 Å². The van der Waals surface area contributed by atoms with Crippen molar-refractivity contribution in [1.82, 2.24) is 9.97 Å². The summed E-state index contributed by atoms with van der Waals surface area (Å²) in [7, 11) is 0. The van der Waals surface area contributed by atoms with Crippen molar-refractivity contribution in [3.8, 4) is 0 Å². The molecule has 86 valence electrons. The van der Waals surface area contributed by atoms with E-state index in [1.54, 1.807) is 0 Å². The fourth-order valence-corrected chi connectivity index (χ4v) is 2.32. The highest BCUT2D eigenvalue weighted by Gasteiger charge is 2.10. The molecule has 5 heteroatoms. The van der Waals surface area contributed by atoms with Gasteiger partial charge in [0.2, 0.25) is 0 Å². The Morgan fingerprint density at radius 2 is 2.38 bits per heavy atom. The molecule has 0 aliphatic rings. The lowest BCUT2D eigenvalue weighted by molar-refractivity contribution is 0.771. The summed E-state index contributed by atoms with van der Waals surface area (Å²) in [6, 6.07) is 5.56. The van der Waals surface area contributed by atoms with E-state index in [0.29, 0.717) is 5.02 Å². The van der Waals surface area contributed by atoms with Crippen LogP contribution >= 0.6 is 23.4 Å². The molecule has 0 amide bonds. The quantitative estimate of drug-likeness (QED) is 0.883. The summed E-state index contributed by atoms with van der Waals surface area (Å²) in [6.07, 6.45) is 0. The van der Waals surface area contributed by atoms with Gasteiger partial charge < -0.3 is 10.7 Å². The Bertz CT molecular complexity index is 483. The molecule has 2 rings (SSSR count). The SMILES string of the molecule is CCSC[C@H](N)c1nc2ccc(Cl)cc2[nH]1. The Labute approximate surface area is 104 Å². The van der Waals surface area contributed by atoms with Crippen LogP contribution in [0.2, 0.25) is 5.02 Å². The minimum absolute atomic E-state index is 0.0453. The number of H-pyrrole nitrogens is 1. The van der Waals surface area contributed by atoms with Crippen molar-refractivity contribution in [1.29, 1.82) is 0 Å². The number of imidazole rings is 1. The molecule has 3 nitrogen and oxygen atoms in total. The molecule has 0 saturated carbocycles. The first-order valence-corrected chi connectivity index (χ1v) is 6.72. The number of hydrogen-bond acceptors (Lipinski definition) is 3. The van der Waals surface area contributed by atoms with E-state index < -0.39 is 0 Å². The van der Waals surface area contributed by atoms with Crippen molar-refractivity contribution in [2.24, 2.45) is 5.73 Å². The van der Waals surface area contributed by atoms with Crippen LogP contribution in [0, 0.1) is 0 Å². The van der Waals surface area contributed by atoms with Crippen LogP contribution in [-0.4, -0.2) is 21.5 Å². The maximum Gasteiger partial charge on any atom is 0.125 e. The average molecular weight is 256 g/mol. The van der Waals surface area contributed by atoms with Crippen molar-refractivity contribution < 1.29 is 0 Å². The number of nitrogens with one attached hydrogen (secondary N) is 1. The first kappa shape index (κ1) is 11.8. The van der Waals surface area contributed by atoms with Crippen LogP contribution < -0.4 is 5.73 Å². The van der Waals surface area contributed by atoms with E-state index in [4.69, 9.17) is 17.3 Å². The van der Waals surface area contributed by atoms with Crippen LogP contribution in [0.15, 0.2) is 18.2 Å². The Morgan fingerprint density at radius 3 is 3.12 bits per heavy atom. The third-order valence-corrected chi connectivity index (χ3v) is 3.55. The third-order valence-electron chi connectivity index (χ3n) is 2.31. The molecule has 0 bridgehead atoms. The number of aromatic nitrogens is 2. The zero-order valence-electron chi connectivity index (χ0n) is 9.03. The lowest BCUT2D eigenvalue weighted by atomic mass is 10.3. The third kappa shape index (κ3) is 2.51. The predicted octanol–water partition coefficient (Wildman–Crippen LogP) is 2.97. The van der Waals surface area contributed by atoms with Gasteiger partial charge >= 0.3 is 0 Å². The average Bonchev–Trinajstić information content (AvgIpc) is 2.68. The molecule has 1 atom stereocenters. The molecule has 0 saturated heterocycles. The van der Waals surface area contributed by atoms with Gasteiger partial charge in [-0.25, -0.2) is 4.98 Å². The van der Waals surface area contributed by atoms with E-state index in [0.717, 1.165) is 28.4 Å². The largest absolute Gasteiger partial charge is 0.341 e. The predicted molar refractivity (Wildman–Crippen MR) is 71.0 cm³/mol. The number of hydrogen-bond donors (Lipinski definition) is 2. The minimum atomic E-state index is -0.0453. The number of benzene rings is 1. The number of nitrogens with zero attached hydrogens (tertiary/aromatic N) is 1. The summed E-state index contributed by atoms with van der Waals surface area (Å²) >= 11 is 7.72. The Morgan fingerprint density at radius 1 is 1.56 bits per heavy atom. The summed E-state index contributed by atoms with van der Waals surface area (Å²) in [5.41, 5.74) is 7.89. The highest BCUT2D eigenvalue weighted by molar-refractivity contribution is 7.99. The lowest BCUT2D eigenvalue weighted by Gasteiger charge is -2.06. The molecule has 16 heavy (non-hydrogen) atoms. The Kier molecular flexibility index (Phi) is 3.74. The highest BCUT2D eigenvalue weighted by Crippen LogP contribution is 2.20. The smallest absolute Gasteiger partial charge is 0.125 e. The number of thioether (sulfide) groups is 1. The number of halogens is 1. The maximum atomic E-state index is 6.04. The zero-order chi connectivity index (χ0) is 11.5. The van der Waals surface area contributed by atoms with Crippen LogP contribution in [0.1, 0.15) is 18.8 Å². The second-order valence-electron chi connectivity index (χ2n) is 3.55. The Balaban J connectivity index is 2.25. The van der Waals surface area contributed by atoms with E-state index in [9.17, 15) is 0 Å². The van der Waals surface area contributed by atoms with E-state index in [-0.39, 0.29) is 6.04 Å². The van der Waals surface area contributed by atoms with Gasteiger partial charge in [0.25, 0.3) is 0 Å². The van der Waals surface area contributed by atoms with Gasteiger partial charge in [0.1, 0.15) is 5.82 Å². The van der Waals surface area contributed by atoms with E-state index >= 15 is 0 Å². The number of aromatic amines is 1. The van der Waals surface area contributed by atoms with Gasteiger partial charge in [-0.2, -0.15) is 11.8 Å². The molecule has 0 fully saturated rings. The second-order valence-corrected chi connectivity index (χ2v) is 5.30. The fourth-order valence-electron chi connectivity index (χ4n) is 1.50. The molecule has 1 heterocycles. The molecule has 2 aromatic rings. The normalized spacial score (nSPS) is 13.2. The second kappa shape index (κ2) is 5.08. The van der Waals surface area contributed by atoms with Gasteiger partial charge in [0, 0.05) is 10.8 Å². The zero-order valence-corrected chi connectivity index (χ0v) is 10.6. The van der Waals surface area contributed by atoms with E-state index in [2.05, 4.69) is 16.9 Å². The molecule has 1 aromatic heterocycles. The summed E-state index contributed by atoms with van der Waals surface area (Å²) in [5, 5.41) is 0.708. The first-order valence-electron chi connectivity index (χ1n) is 5.19. The van der Waals surface area contributed by atoms with Crippen LogP contribution in [-0.2, 0) is 0 Å². The summed E-state index contributed by atoms with van der Waals surface area (Å²) < 4.78 is 0. The molecule has 1 aromatic carbocycles. The number of nitrogens with two attached hydrogens (primary N) is 1. The summed E-state index contributed by atoms with van der Waals surface area (Å²) in [6.45, 7) is 2.12. The molecular weight excluding hydrogens is 242 g/mol. The topological polar surface area (TPSA) is 54.7 Å². The monoisotopic (exact) mass is 255 g/mol. The number of rotatable bonds is 4. The maximum absolute atomic E-state index is 6.04. The highest BCUT2D eigenvalue weighted by atomic mass is 35.5. The van der Waals surface area contributed by atoms with Gasteiger partial charge in [-0.05, 0) is 24.0 Å². The van der Waals surface area contributed by atoms with Crippen LogP contribution in [0.4, 0.5) is 0 Å². The van der Waals surface area contributed by atoms with Gasteiger partial charge in [-0.15, -0.1) is 0 Å². The lowest BCUT2D eigenvalue weighted by Crippen LogP contribution is -2.14. The fraction of sp³-hybridized carbons (Fsp3) is 0.364.